The number of aromatic hydroxyl groups is 3. The van der Waals surface area contributed by atoms with Gasteiger partial charge in [-0.15, -0.1) is 0 Å². The van der Waals surface area contributed by atoms with Crippen molar-refractivity contribution in [3.8, 4) is 28.7 Å². The van der Waals surface area contributed by atoms with Crippen LogP contribution >= 0.6 is 0 Å². The highest BCUT2D eigenvalue weighted by molar-refractivity contribution is 5.78. The maximum Gasteiger partial charge on any atom is 0.134 e. The fraction of sp³-hybridized carbons (Fsp3) is 0.143. The molecule has 0 saturated carbocycles. The zero-order chi connectivity index (χ0) is 23.7. The molecule has 0 amide bonds. The monoisotopic (exact) mass is 441 g/mol. The first kappa shape index (κ1) is 22.1. The van der Waals surface area contributed by atoms with E-state index in [1.54, 1.807) is 18.2 Å². The van der Waals surface area contributed by atoms with Gasteiger partial charge in [0.05, 0.1) is 0 Å². The van der Waals surface area contributed by atoms with Gasteiger partial charge in [-0.25, -0.2) is 0 Å². The van der Waals surface area contributed by atoms with E-state index in [0.29, 0.717) is 11.5 Å². The SMILES string of the molecule is Cc1cc(N(c2cccc(Oc3cc(O)c(C)cc3C)c2)c2ccc(O)c(C)c2)ccc1O. The second-order valence-corrected chi connectivity index (χ2v) is 8.28. The predicted molar refractivity (Wildman–Crippen MR) is 132 cm³/mol. The lowest BCUT2D eigenvalue weighted by atomic mass is 10.1. The molecule has 0 atom stereocenters. The lowest BCUT2D eigenvalue weighted by Crippen LogP contribution is -2.10. The Balaban J connectivity index is 1.80. The molecule has 0 heterocycles. The van der Waals surface area contributed by atoms with Crippen molar-refractivity contribution in [1.82, 2.24) is 0 Å². The molecule has 0 bridgehead atoms. The number of phenolic OH excluding ortho intramolecular Hbond substituents is 3. The number of anilines is 3. The third-order valence-corrected chi connectivity index (χ3v) is 5.67. The average molecular weight is 442 g/mol. The highest BCUT2D eigenvalue weighted by Gasteiger charge is 2.16. The van der Waals surface area contributed by atoms with Gasteiger partial charge < -0.3 is 25.0 Å². The molecule has 0 aliphatic heterocycles. The molecule has 0 aromatic heterocycles. The maximum absolute atomic E-state index is 10.1. The Bertz CT molecular complexity index is 1280. The number of aryl methyl sites for hydroxylation is 4. The van der Waals surface area contributed by atoms with Gasteiger partial charge in [0.25, 0.3) is 0 Å². The second kappa shape index (κ2) is 8.79. The number of hydrogen-bond acceptors (Lipinski definition) is 5. The van der Waals surface area contributed by atoms with Crippen LogP contribution in [0.15, 0.2) is 72.8 Å². The van der Waals surface area contributed by atoms with Crippen LogP contribution < -0.4 is 9.64 Å². The molecule has 0 spiro atoms. The van der Waals surface area contributed by atoms with E-state index in [4.69, 9.17) is 4.74 Å². The zero-order valence-corrected chi connectivity index (χ0v) is 19.1. The van der Waals surface area contributed by atoms with E-state index in [9.17, 15) is 15.3 Å². The van der Waals surface area contributed by atoms with Gasteiger partial charge in [-0.1, -0.05) is 6.07 Å². The third-order valence-electron chi connectivity index (χ3n) is 5.67. The molecular weight excluding hydrogens is 414 g/mol. The molecule has 3 N–H and O–H groups in total. The summed E-state index contributed by atoms with van der Waals surface area (Å²) >= 11 is 0. The van der Waals surface area contributed by atoms with Gasteiger partial charge in [-0.3, -0.25) is 0 Å². The smallest absolute Gasteiger partial charge is 0.134 e. The van der Waals surface area contributed by atoms with E-state index in [2.05, 4.69) is 0 Å². The Hall–Kier alpha value is -4.12. The molecule has 33 heavy (non-hydrogen) atoms. The minimum atomic E-state index is 0.188. The van der Waals surface area contributed by atoms with Crippen LogP contribution in [-0.2, 0) is 0 Å². The molecule has 0 unspecified atom stereocenters. The molecular formula is C28H27NO4. The van der Waals surface area contributed by atoms with Crippen molar-refractivity contribution in [3.05, 3.63) is 95.1 Å². The number of phenols is 3. The molecule has 0 radical (unpaired) electrons. The number of hydrogen-bond donors (Lipinski definition) is 3. The Kier molecular flexibility index (Phi) is 5.88. The van der Waals surface area contributed by atoms with Crippen molar-refractivity contribution in [1.29, 1.82) is 0 Å². The molecule has 5 nitrogen and oxygen atoms in total. The van der Waals surface area contributed by atoms with E-state index < -0.39 is 0 Å². The maximum atomic E-state index is 10.1. The van der Waals surface area contributed by atoms with Crippen LogP contribution in [0, 0.1) is 27.7 Å². The Morgan fingerprint density at radius 1 is 0.545 bits per heavy atom. The quantitative estimate of drug-likeness (QED) is 0.303. The number of rotatable bonds is 5. The van der Waals surface area contributed by atoms with Crippen LogP contribution in [0.4, 0.5) is 17.1 Å². The van der Waals surface area contributed by atoms with Crippen molar-refractivity contribution >= 4 is 17.1 Å². The second-order valence-electron chi connectivity index (χ2n) is 8.28. The van der Waals surface area contributed by atoms with Crippen LogP contribution in [-0.4, -0.2) is 15.3 Å². The van der Waals surface area contributed by atoms with E-state index >= 15 is 0 Å². The minimum absolute atomic E-state index is 0.188. The number of nitrogens with zero attached hydrogens (tertiary/aromatic N) is 1. The van der Waals surface area contributed by atoms with Gasteiger partial charge in [-0.05, 0) is 105 Å². The van der Waals surface area contributed by atoms with E-state index in [1.165, 1.54) is 0 Å². The van der Waals surface area contributed by atoms with Crippen molar-refractivity contribution in [2.45, 2.75) is 27.7 Å². The fourth-order valence-corrected chi connectivity index (χ4v) is 3.75. The number of benzene rings is 4. The van der Waals surface area contributed by atoms with E-state index in [-0.39, 0.29) is 17.2 Å². The summed E-state index contributed by atoms with van der Waals surface area (Å²) in [4.78, 5) is 2.03. The Labute approximate surface area is 193 Å². The Morgan fingerprint density at radius 3 is 1.67 bits per heavy atom. The van der Waals surface area contributed by atoms with Crippen molar-refractivity contribution < 1.29 is 20.1 Å². The summed E-state index contributed by atoms with van der Waals surface area (Å²) in [6.07, 6.45) is 0. The van der Waals surface area contributed by atoms with Crippen molar-refractivity contribution in [2.75, 3.05) is 4.90 Å². The van der Waals surface area contributed by atoms with Gasteiger partial charge in [0.15, 0.2) is 0 Å². The number of ether oxygens (including phenoxy) is 1. The molecule has 4 aromatic rings. The van der Waals surface area contributed by atoms with Crippen molar-refractivity contribution in [3.63, 3.8) is 0 Å². The Morgan fingerprint density at radius 2 is 1.09 bits per heavy atom. The van der Waals surface area contributed by atoms with Crippen LogP contribution in [0.25, 0.3) is 0 Å². The lowest BCUT2D eigenvalue weighted by Gasteiger charge is -2.27. The molecule has 0 saturated heterocycles. The summed E-state index contributed by atoms with van der Waals surface area (Å²) in [6.45, 7) is 7.50. The van der Waals surface area contributed by atoms with Gasteiger partial charge in [0, 0.05) is 29.2 Å². The molecule has 4 rings (SSSR count). The minimum Gasteiger partial charge on any atom is -0.508 e. The molecule has 168 valence electrons. The van der Waals surface area contributed by atoms with Crippen LogP contribution in [0.3, 0.4) is 0 Å². The first-order chi connectivity index (χ1) is 15.7. The van der Waals surface area contributed by atoms with Crippen LogP contribution in [0.2, 0.25) is 0 Å². The zero-order valence-electron chi connectivity index (χ0n) is 19.1. The predicted octanol–water partition coefficient (Wildman–Crippen LogP) is 7.30. The summed E-state index contributed by atoms with van der Waals surface area (Å²) in [5.41, 5.74) is 5.79. The molecule has 5 heteroatoms. The summed E-state index contributed by atoms with van der Waals surface area (Å²) in [5.74, 6) is 1.85. The highest BCUT2D eigenvalue weighted by atomic mass is 16.5. The van der Waals surface area contributed by atoms with Gasteiger partial charge in [0.1, 0.15) is 28.7 Å². The van der Waals surface area contributed by atoms with Gasteiger partial charge in [-0.2, -0.15) is 0 Å². The largest absolute Gasteiger partial charge is 0.508 e. The summed E-state index contributed by atoms with van der Waals surface area (Å²) in [5, 5.41) is 30.2. The van der Waals surface area contributed by atoms with Crippen LogP contribution in [0.5, 0.6) is 28.7 Å². The first-order valence-electron chi connectivity index (χ1n) is 10.7. The highest BCUT2D eigenvalue weighted by Crippen LogP contribution is 2.40. The molecule has 0 aliphatic rings. The topological polar surface area (TPSA) is 73.2 Å². The van der Waals surface area contributed by atoms with Crippen LogP contribution in [0.1, 0.15) is 22.3 Å². The van der Waals surface area contributed by atoms with E-state index in [0.717, 1.165) is 39.3 Å². The summed E-state index contributed by atoms with van der Waals surface area (Å²) < 4.78 is 6.13. The molecule has 0 fully saturated rings. The molecule has 4 aromatic carbocycles. The third kappa shape index (κ3) is 4.58. The standard InChI is InChI=1S/C28H27NO4/c1-17-12-20(4)28(16-27(17)32)33-24-7-5-6-21(15-24)29(22-8-10-25(30)18(2)13-22)23-9-11-26(31)19(3)14-23/h5-16,30-32H,1-4H3. The molecule has 0 aliphatic carbocycles. The van der Waals surface area contributed by atoms with E-state index in [1.807, 2.05) is 87.2 Å². The van der Waals surface area contributed by atoms with Gasteiger partial charge in [0.2, 0.25) is 0 Å². The summed E-state index contributed by atoms with van der Waals surface area (Å²) in [6, 6.07) is 22.0. The normalized spacial score (nSPS) is 10.8. The average Bonchev–Trinajstić information content (AvgIpc) is 2.77. The summed E-state index contributed by atoms with van der Waals surface area (Å²) in [7, 11) is 0. The first-order valence-corrected chi connectivity index (χ1v) is 10.7. The van der Waals surface area contributed by atoms with Gasteiger partial charge >= 0.3 is 0 Å². The fourth-order valence-electron chi connectivity index (χ4n) is 3.75. The van der Waals surface area contributed by atoms with Crippen molar-refractivity contribution in [2.24, 2.45) is 0 Å². The lowest BCUT2D eigenvalue weighted by molar-refractivity contribution is 0.450.